The van der Waals surface area contributed by atoms with Gasteiger partial charge in [0.1, 0.15) is 6.29 Å². The Kier molecular flexibility index (Phi) is 3.02. The number of carbonyl (C=O) groups is 1. The first kappa shape index (κ1) is 11.5. The van der Waals surface area contributed by atoms with Crippen molar-refractivity contribution in [1.29, 1.82) is 0 Å². The molecule has 0 spiro atoms. The normalized spacial score (nSPS) is 16.2. The summed E-state index contributed by atoms with van der Waals surface area (Å²) in [6, 6.07) is 11.7. The summed E-state index contributed by atoms with van der Waals surface area (Å²) in [6.45, 7) is 0. The van der Waals surface area contributed by atoms with Gasteiger partial charge in [-0.1, -0.05) is 30.3 Å². The predicted molar refractivity (Wildman–Crippen MR) is 75.5 cm³/mol. The van der Waals surface area contributed by atoms with Crippen LogP contribution in [0.4, 0.5) is 0 Å². The minimum absolute atomic E-state index is 0.692. The summed E-state index contributed by atoms with van der Waals surface area (Å²) in [6.07, 6.45) is 7.72. The van der Waals surface area contributed by atoms with Crippen LogP contribution in [-0.4, -0.2) is 11.3 Å². The minimum atomic E-state index is 0.692. The maximum Gasteiger partial charge on any atom is 0.150 e. The molecule has 1 aromatic heterocycles. The first-order valence-electron chi connectivity index (χ1n) is 6.22. The molecule has 0 radical (unpaired) electrons. The van der Waals surface area contributed by atoms with E-state index in [1.807, 2.05) is 42.7 Å². The molecule has 1 aliphatic rings. The summed E-state index contributed by atoms with van der Waals surface area (Å²) in [5.41, 5.74) is 5.18. The van der Waals surface area contributed by atoms with E-state index in [0.717, 1.165) is 29.5 Å². The first-order chi connectivity index (χ1) is 9.38. The number of carbonyl (C=O) groups excluding carboxylic acids is 1. The van der Waals surface area contributed by atoms with Crippen molar-refractivity contribution < 1.29 is 4.79 Å². The molecule has 3 heteroatoms. The Hall–Kier alpha value is -2.55. The molecule has 2 aromatic rings. The molecule has 2 heterocycles. The molecule has 0 bridgehead atoms. The highest BCUT2D eigenvalue weighted by molar-refractivity contribution is 5.83. The van der Waals surface area contributed by atoms with Gasteiger partial charge >= 0.3 is 0 Å². The third kappa shape index (κ3) is 2.22. The molecule has 1 aliphatic heterocycles. The number of nitrogens with one attached hydrogen (secondary N) is 2. The topological polar surface area (TPSA) is 44.9 Å². The molecule has 1 aromatic carbocycles. The van der Waals surface area contributed by atoms with E-state index >= 15 is 0 Å². The van der Waals surface area contributed by atoms with Gasteiger partial charge in [-0.3, -0.25) is 4.79 Å². The summed E-state index contributed by atoms with van der Waals surface area (Å²) in [7, 11) is 0. The lowest BCUT2D eigenvalue weighted by molar-refractivity contribution is 0.112. The molecule has 0 aliphatic carbocycles. The van der Waals surface area contributed by atoms with Gasteiger partial charge in [-0.15, -0.1) is 0 Å². The van der Waals surface area contributed by atoms with Gasteiger partial charge in [-0.2, -0.15) is 0 Å². The molecule has 2 N–H and O–H groups in total. The van der Waals surface area contributed by atoms with E-state index in [-0.39, 0.29) is 0 Å². The molecular weight excluding hydrogens is 236 g/mol. The number of aromatic nitrogens is 1. The Morgan fingerprint density at radius 2 is 2.00 bits per heavy atom. The van der Waals surface area contributed by atoms with Crippen LogP contribution < -0.4 is 5.32 Å². The fourth-order valence-electron chi connectivity index (χ4n) is 2.28. The molecule has 19 heavy (non-hydrogen) atoms. The third-order valence-electron chi connectivity index (χ3n) is 3.20. The highest BCUT2D eigenvalue weighted by Gasteiger charge is 2.13. The second kappa shape index (κ2) is 4.98. The van der Waals surface area contributed by atoms with Gasteiger partial charge < -0.3 is 10.3 Å². The van der Waals surface area contributed by atoms with Crippen LogP contribution in [0.3, 0.4) is 0 Å². The van der Waals surface area contributed by atoms with Crippen LogP contribution in [0.2, 0.25) is 0 Å². The van der Waals surface area contributed by atoms with Crippen molar-refractivity contribution in [3.8, 4) is 0 Å². The number of aldehydes is 1. The fraction of sp³-hybridized carbons (Fsp3) is 0.0625. The molecule has 3 rings (SSSR count). The zero-order valence-electron chi connectivity index (χ0n) is 10.4. The molecule has 0 saturated carbocycles. The molecule has 0 atom stereocenters. The van der Waals surface area contributed by atoms with Crippen molar-refractivity contribution in [2.24, 2.45) is 0 Å². The van der Waals surface area contributed by atoms with Crippen LogP contribution in [0.5, 0.6) is 0 Å². The number of hydrogen-bond acceptors (Lipinski definition) is 2. The standard InChI is InChI=1S/C16H14N2O/c19-11-12-5-7-13(8-6-12)16(14-3-1-9-17-14)15-4-2-10-18-15/h1-3,5-11,17-18H,4H2. The Bertz CT molecular complexity index is 624. The summed E-state index contributed by atoms with van der Waals surface area (Å²) in [5.74, 6) is 0. The summed E-state index contributed by atoms with van der Waals surface area (Å²) in [4.78, 5) is 14.0. The highest BCUT2D eigenvalue weighted by atomic mass is 16.1. The van der Waals surface area contributed by atoms with E-state index in [1.54, 1.807) is 0 Å². The molecule has 3 nitrogen and oxygen atoms in total. The average molecular weight is 250 g/mol. The van der Waals surface area contributed by atoms with Gasteiger partial charge in [0, 0.05) is 35.1 Å². The van der Waals surface area contributed by atoms with Crippen molar-refractivity contribution in [3.05, 3.63) is 77.4 Å². The maximum absolute atomic E-state index is 10.7. The molecule has 94 valence electrons. The van der Waals surface area contributed by atoms with Crippen LogP contribution in [0.25, 0.3) is 5.57 Å². The van der Waals surface area contributed by atoms with Crippen molar-refractivity contribution in [2.45, 2.75) is 6.42 Å². The summed E-state index contributed by atoms with van der Waals surface area (Å²) < 4.78 is 0. The van der Waals surface area contributed by atoms with Gasteiger partial charge in [0.05, 0.1) is 0 Å². The lowest BCUT2D eigenvalue weighted by Gasteiger charge is -2.11. The SMILES string of the molecule is O=Cc1ccc(C(=C2CC=CN2)c2ccc[nH]2)cc1. The van der Waals surface area contributed by atoms with E-state index in [1.165, 1.54) is 5.70 Å². The Labute approximate surface area is 111 Å². The maximum atomic E-state index is 10.7. The van der Waals surface area contributed by atoms with Gasteiger partial charge in [0.15, 0.2) is 0 Å². The summed E-state index contributed by atoms with van der Waals surface area (Å²) in [5, 5.41) is 3.28. The largest absolute Gasteiger partial charge is 0.364 e. The van der Waals surface area contributed by atoms with Crippen LogP contribution in [0.1, 0.15) is 28.0 Å². The minimum Gasteiger partial charge on any atom is -0.364 e. The fourth-order valence-corrected chi connectivity index (χ4v) is 2.28. The second-order valence-electron chi connectivity index (χ2n) is 4.43. The number of H-pyrrole nitrogens is 1. The highest BCUT2D eigenvalue weighted by Crippen LogP contribution is 2.28. The zero-order valence-corrected chi connectivity index (χ0v) is 10.4. The lowest BCUT2D eigenvalue weighted by atomic mass is 9.98. The van der Waals surface area contributed by atoms with Crippen LogP contribution in [0, 0.1) is 0 Å². The Morgan fingerprint density at radius 3 is 2.58 bits per heavy atom. The van der Waals surface area contributed by atoms with E-state index in [9.17, 15) is 4.79 Å². The monoisotopic (exact) mass is 250 g/mol. The van der Waals surface area contributed by atoms with Crippen molar-refractivity contribution >= 4 is 11.9 Å². The van der Waals surface area contributed by atoms with Gasteiger partial charge in [0.2, 0.25) is 0 Å². The van der Waals surface area contributed by atoms with Crippen LogP contribution in [-0.2, 0) is 0 Å². The predicted octanol–water partition coefficient (Wildman–Crippen LogP) is 3.09. The number of rotatable bonds is 3. The van der Waals surface area contributed by atoms with Gasteiger partial charge in [-0.25, -0.2) is 0 Å². The van der Waals surface area contributed by atoms with Crippen molar-refractivity contribution in [1.82, 2.24) is 10.3 Å². The first-order valence-corrected chi connectivity index (χ1v) is 6.22. The molecule has 0 amide bonds. The second-order valence-corrected chi connectivity index (χ2v) is 4.43. The summed E-state index contributed by atoms with van der Waals surface area (Å²) >= 11 is 0. The molecule has 0 fully saturated rings. The van der Waals surface area contributed by atoms with Crippen LogP contribution >= 0.6 is 0 Å². The van der Waals surface area contributed by atoms with Gasteiger partial charge in [-0.05, 0) is 23.9 Å². The van der Waals surface area contributed by atoms with Gasteiger partial charge in [0.25, 0.3) is 0 Å². The Balaban J connectivity index is 2.09. The number of benzene rings is 1. The third-order valence-corrected chi connectivity index (χ3v) is 3.20. The number of hydrogen-bond donors (Lipinski definition) is 2. The number of allylic oxidation sites excluding steroid dienone is 1. The quantitative estimate of drug-likeness (QED) is 0.822. The molecule has 0 saturated heterocycles. The van der Waals surface area contributed by atoms with E-state index < -0.39 is 0 Å². The Morgan fingerprint density at radius 1 is 1.16 bits per heavy atom. The van der Waals surface area contributed by atoms with Crippen LogP contribution in [0.15, 0.2) is 60.6 Å². The zero-order chi connectivity index (χ0) is 13.1. The smallest absolute Gasteiger partial charge is 0.150 e. The van der Waals surface area contributed by atoms with E-state index in [4.69, 9.17) is 0 Å². The lowest BCUT2D eigenvalue weighted by Crippen LogP contribution is -2.04. The molecule has 0 unspecified atom stereocenters. The average Bonchev–Trinajstić information content (AvgIpc) is 3.13. The van der Waals surface area contributed by atoms with Crippen molar-refractivity contribution in [2.75, 3.05) is 0 Å². The number of aromatic amines is 1. The molecular formula is C16H14N2O. The van der Waals surface area contributed by atoms with E-state index in [2.05, 4.69) is 22.4 Å². The van der Waals surface area contributed by atoms with Crippen molar-refractivity contribution in [3.63, 3.8) is 0 Å². The van der Waals surface area contributed by atoms with E-state index in [0.29, 0.717) is 5.56 Å².